The molecule has 0 saturated carbocycles. The molecule has 0 aromatic heterocycles. The van der Waals surface area contributed by atoms with E-state index in [9.17, 15) is 22.4 Å². The molecule has 0 radical (unpaired) electrons. The minimum absolute atomic E-state index is 0.0336. The van der Waals surface area contributed by atoms with Gasteiger partial charge in [0, 0.05) is 45.2 Å². The van der Waals surface area contributed by atoms with Gasteiger partial charge in [-0.2, -0.15) is 0 Å². The predicted octanol–water partition coefficient (Wildman–Crippen LogP) is 2.17. The Morgan fingerprint density at radius 2 is 1.93 bits per heavy atom. The number of hydrogen-bond acceptors (Lipinski definition) is 7. The van der Waals surface area contributed by atoms with E-state index < -0.39 is 34.0 Å². The smallest absolute Gasteiger partial charge is 0.258 e. The molecular weight excluding hydrogens is 575 g/mol. The molecule has 3 aliphatic rings. The lowest BCUT2D eigenvalue weighted by molar-refractivity contribution is -0.130. The average Bonchev–Trinajstić information content (AvgIpc) is 2.93. The van der Waals surface area contributed by atoms with Crippen LogP contribution in [0.5, 0.6) is 5.75 Å². The van der Waals surface area contributed by atoms with E-state index in [0.29, 0.717) is 55.8 Å². The Balaban J connectivity index is 1.41. The number of fused-ring (bicyclic) bond motifs is 4. The number of carbonyl (C=O) groups is 2. The van der Waals surface area contributed by atoms with Crippen LogP contribution >= 0.6 is 11.6 Å². The lowest BCUT2D eigenvalue weighted by Crippen LogP contribution is -2.61. The van der Waals surface area contributed by atoms with Gasteiger partial charge in [0.25, 0.3) is 5.91 Å². The van der Waals surface area contributed by atoms with Gasteiger partial charge in [-0.3, -0.25) is 14.5 Å². The van der Waals surface area contributed by atoms with Crippen molar-refractivity contribution in [1.29, 1.82) is 0 Å². The van der Waals surface area contributed by atoms with Crippen molar-refractivity contribution in [1.82, 2.24) is 19.8 Å². The highest BCUT2D eigenvalue weighted by Gasteiger charge is 2.39. The van der Waals surface area contributed by atoms with E-state index in [1.54, 1.807) is 35.2 Å². The van der Waals surface area contributed by atoms with Gasteiger partial charge in [0.2, 0.25) is 15.9 Å². The minimum atomic E-state index is -3.50. The zero-order valence-corrected chi connectivity index (χ0v) is 24.3. The van der Waals surface area contributed by atoms with E-state index in [0.717, 1.165) is 6.26 Å². The van der Waals surface area contributed by atoms with Crippen LogP contribution in [0.25, 0.3) is 0 Å². The molecule has 41 heavy (non-hydrogen) atoms. The molecule has 3 aliphatic heterocycles. The number of nitrogens with zero attached hydrogens (tertiary/aromatic N) is 2. The summed E-state index contributed by atoms with van der Waals surface area (Å²) in [5.41, 5.74) is 1.07. The van der Waals surface area contributed by atoms with E-state index in [1.165, 1.54) is 12.1 Å². The number of para-hydroxylation sites is 1. The Bertz CT molecular complexity index is 1400. The maximum atomic E-state index is 14.1. The van der Waals surface area contributed by atoms with Crippen LogP contribution in [0.15, 0.2) is 42.5 Å². The molecule has 10 nitrogen and oxygen atoms in total. The first-order valence-corrected chi connectivity index (χ1v) is 15.9. The summed E-state index contributed by atoms with van der Waals surface area (Å²) in [7, 11) is -3.50. The molecule has 4 atom stereocenters. The quantitative estimate of drug-likeness (QED) is 0.546. The van der Waals surface area contributed by atoms with Crippen molar-refractivity contribution in [2.45, 2.75) is 50.1 Å². The number of ether oxygens (including phenoxy) is 2. The summed E-state index contributed by atoms with van der Waals surface area (Å²) in [5, 5.41) is 2.96. The van der Waals surface area contributed by atoms with Crippen molar-refractivity contribution >= 4 is 33.4 Å². The van der Waals surface area contributed by atoms with Crippen LogP contribution in [0.1, 0.15) is 35.2 Å². The molecule has 222 valence electrons. The number of nitrogens with one attached hydrogen (secondary N) is 2. The van der Waals surface area contributed by atoms with Gasteiger partial charge < -0.3 is 19.7 Å². The normalized spacial score (nSPS) is 26.3. The second-order valence-electron chi connectivity index (χ2n) is 10.7. The molecule has 2 aromatic rings. The third-order valence-corrected chi connectivity index (χ3v) is 8.73. The van der Waals surface area contributed by atoms with E-state index in [4.69, 9.17) is 21.1 Å². The van der Waals surface area contributed by atoms with Gasteiger partial charge in [0.05, 0.1) is 35.7 Å². The number of benzene rings is 2. The summed E-state index contributed by atoms with van der Waals surface area (Å²) in [6.45, 7) is 1.70. The topological polar surface area (TPSA) is 117 Å². The molecule has 0 aliphatic carbocycles. The van der Waals surface area contributed by atoms with Crippen LogP contribution in [0.3, 0.4) is 0 Å². The number of sulfonamides is 1. The SMILES string of the molecule is CS(=O)(=O)N[C@@H]1CC[C@H]2CCOc3ccccc3C(=O)N3CCN(Cc4ccc(Cl)c(F)c4)C[C@H]3C(=O)NC[C@H]1O2. The van der Waals surface area contributed by atoms with Gasteiger partial charge in [-0.05, 0) is 42.7 Å². The van der Waals surface area contributed by atoms with Crippen LogP contribution in [0.4, 0.5) is 4.39 Å². The summed E-state index contributed by atoms with van der Waals surface area (Å²) >= 11 is 5.84. The maximum absolute atomic E-state index is 14.1. The highest BCUT2D eigenvalue weighted by molar-refractivity contribution is 7.88. The van der Waals surface area contributed by atoms with Crippen LogP contribution in [0.2, 0.25) is 5.02 Å². The van der Waals surface area contributed by atoms with Crippen molar-refractivity contribution in [2.24, 2.45) is 0 Å². The first-order valence-electron chi connectivity index (χ1n) is 13.7. The van der Waals surface area contributed by atoms with E-state index in [-0.39, 0.29) is 42.6 Å². The fraction of sp³-hybridized carbons (Fsp3) is 0.500. The van der Waals surface area contributed by atoms with Crippen LogP contribution in [-0.2, 0) is 26.1 Å². The molecule has 3 heterocycles. The van der Waals surface area contributed by atoms with Crippen molar-refractivity contribution in [3.8, 4) is 5.75 Å². The number of hydrogen-bond donors (Lipinski definition) is 2. The first-order chi connectivity index (χ1) is 19.6. The Morgan fingerprint density at radius 3 is 2.71 bits per heavy atom. The summed E-state index contributed by atoms with van der Waals surface area (Å²) in [6, 6.07) is 10.2. The number of halogens is 2. The lowest BCUT2D eigenvalue weighted by Gasteiger charge is -2.41. The predicted molar refractivity (Wildman–Crippen MR) is 151 cm³/mol. The van der Waals surface area contributed by atoms with Crippen LogP contribution < -0.4 is 14.8 Å². The van der Waals surface area contributed by atoms with Crippen molar-refractivity contribution < 1.29 is 31.9 Å². The molecule has 0 spiro atoms. The summed E-state index contributed by atoms with van der Waals surface area (Å²) in [4.78, 5) is 31.0. The molecule has 2 amide bonds. The maximum Gasteiger partial charge on any atom is 0.258 e. The van der Waals surface area contributed by atoms with Gasteiger partial charge in [0.15, 0.2) is 0 Å². The Morgan fingerprint density at radius 1 is 1.12 bits per heavy atom. The Labute approximate surface area is 244 Å². The second-order valence-corrected chi connectivity index (χ2v) is 12.9. The largest absolute Gasteiger partial charge is 0.493 e. The molecule has 5 rings (SSSR count). The van der Waals surface area contributed by atoms with Gasteiger partial charge in [-0.1, -0.05) is 29.8 Å². The molecule has 0 unspecified atom stereocenters. The summed E-state index contributed by atoms with van der Waals surface area (Å²) in [5.74, 6) is -0.794. The lowest BCUT2D eigenvalue weighted by atomic mass is 9.97. The molecular formula is C28H34ClFN4O6S. The third-order valence-electron chi connectivity index (χ3n) is 7.69. The molecule has 2 N–H and O–H groups in total. The first kappa shape index (κ1) is 29.7. The monoisotopic (exact) mass is 608 g/mol. The van der Waals surface area contributed by atoms with E-state index >= 15 is 0 Å². The van der Waals surface area contributed by atoms with E-state index in [2.05, 4.69) is 10.0 Å². The van der Waals surface area contributed by atoms with Crippen LogP contribution in [0, 0.1) is 5.82 Å². The standard InChI is InChI=1S/C28H34ClFN4O6S/c1-41(37,38)32-23-9-7-19-10-13-39-25-5-3-2-4-20(25)28(36)34-12-11-33(16-18-6-8-21(29)22(30)14-18)17-24(34)27(35)31-15-26(23)40-19/h2-6,8,14,19,23-24,26,32H,7,9-13,15-17H2,1H3,(H,31,35)/t19-,23+,24-,26+/m0/s1. The number of carbonyl (C=O) groups excluding carboxylic acids is 2. The third kappa shape index (κ3) is 7.36. The molecule has 2 saturated heterocycles. The molecule has 2 fully saturated rings. The van der Waals surface area contributed by atoms with E-state index in [1.807, 2.05) is 4.90 Å². The van der Waals surface area contributed by atoms with Crippen molar-refractivity contribution in [2.75, 3.05) is 39.0 Å². The zero-order valence-electron chi connectivity index (χ0n) is 22.7. The number of amides is 2. The Hall–Kier alpha value is -2.77. The number of piperazine rings is 1. The Kier molecular flexibility index (Phi) is 9.15. The van der Waals surface area contributed by atoms with Gasteiger partial charge in [-0.15, -0.1) is 0 Å². The average molecular weight is 609 g/mol. The molecule has 2 aromatic carbocycles. The second kappa shape index (κ2) is 12.6. The van der Waals surface area contributed by atoms with Crippen LogP contribution in [-0.4, -0.2) is 93.4 Å². The fourth-order valence-corrected chi connectivity index (χ4v) is 6.60. The van der Waals surface area contributed by atoms with Gasteiger partial charge in [-0.25, -0.2) is 17.5 Å². The van der Waals surface area contributed by atoms with Crippen molar-refractivity contribution in [3.05, 3.63) is 64.4 Å². The van der Waals surface area contributed by atoms with Gasteiger partial charge in [0.1, 0.15) is 17.6 Å². The van der Waals surface area contributed by atoms with Crippen molar-refractivity contribution in [3.63, 3.8) is 0 Å². The summed E-state index contributed by atoms with van der Waals surface area (Å²) in [6.07, 6.45) is 2.03. The number of rotatable bonds is 4. The highest BCUT2D eigenvalue weighted by atomic mass is 35.5. The van der Waals surface area contributed by atoms with Gasteiger partial charge >= 0.3 is 0 Å². The highest BCUT2D eigenvalue weighted by Crippen LogP contribution is 2.27. The summed E-state index contributed by atoms with van der Waals surface area (Å²) < 4.78 is 53.0. The molecule has 13 heteroatoms. The molecule has 2 bridgehead atoms. The minimum Gasteiger partial charge on any atom is -0.493 e. The zero-order chi connectivity index (χ0) is 29.1. The fourth-order valence-electron chi connectivity index (χ4n) is 5.66.